The fraction of sp³-hybridized carbons (Fsp3) is 0.211. The highest BCUT2D eigenvalue weighted by Gasteiger charge is 2.22. The Kier molecular flexibility index (Phi) is 4.38. The van der Waals surface area contributed by atoms with Gasteiger partial charge in [-0.25, -0.2) is 0 Å². The summed E-state index contributed by atoms with van der Waals surface area (Å²) in [5.41, 5.74) is 4.48. The van der Waals surface area contributed by atoms with Crippen LogP contribution in [0.3, 0.4) is 0 Å². The monoisotopic (exact) mass is 366 g/mol. The molecular weight excluding hydrogens is 348 g/mol. The maximum absolute atomic E-state index is 12.8. The highest BCUT2D eigenvalue weighted by molar-refractivity contribution is 8.00. The Morgan fingerprint density at radius 3 is 2.96 bits per heavy atom. The number of amides is 1. The number of benzene rings is 1. The highest BCUT2D eigenvalue weighted by Crippen LogP contribution is 2.31. The maximum Gasteiger partial charge on any atom is 0.237 e. The van der Waals surface area contributed by atoms with Gasteiger partial charge in [-0.2, -0.15) is 0 Å². The maximum atomic E-state index is 12.8. The lowest BCUT2D eigenvalue weighted by molar-refractivity contribution is -0.115. The Bertz CT molecular complexity index is 1090. The highest BCUT2D eigenvalue weighted by atomic mass is 32.2. The number of thioether (sulfide) groups is 1. The minimum atomic E-state index is -0.267. The van der Waals surface area contributed by atoms with E-state index in [1.807, 2.05) is 54.6 Å². The average Bonchev–Trinajstić information content (AvgIpc) is 3.23. The largest absolute Gasteiger partial charge is 0.463 e. The Morgan fingerprint density at radius 2 is 2.15 bits per heavy atom. The Balaban J connectivity index is 1.61. The van der Waals surface area contributed by atoms with Crippen LogP contribution in [0.15, 0.2) is 58.4 Å². The molecule has 3 heterocycles. The molecule has 4 aromatic rings. The van der Waals surface area contributed by atoms with Gasteiger partial charge < -0.3 is 9.73 Å². The molecule has 0 aliphatic rings. The van der Waals surface area contributed by atoms with E-state index >= 15 is 0 Å². The van der Waals surface area contributed by atoms with Crippen molar-refractivity contribution in [3.63, 3.8) is 0 Å². The third kappa shape index (κ3) is 2.94. The molecule has 132 valence electrons. The molecule has 26 heavy (non-hydrogen) atoms. The van der Waals surface area contributed by atoms with Gasteiger partial charge >= 0.3 is 0 Å². The van der Waals surface area contributed by atoms with E-state index in [0.29, 0.717) is 11.4 Å². The number of anilines is 1. The zero-order chi connectivity index (χ0) is 18.1. The van der Waals surface area contributed by atoms with Crippen LogP contribution < -0.4 is 5.32 Å². The fourth-order valence-corrected chi connectivity index (χ4v) is 3.86. The van der Waals surface area contributed by atoms with Gasteiger partial charge in [-0.3, -0.25) is 9.20 Å². The summed E-state index contributed by atoms with van der Waals surface area (Å²) in [5, 5.41) is 11.8. The molecule has 0 saturated heterocycles. The number of aromatic nitrogens is 3. The number of hydrogen-bond donors (Lipinski definition) is 1. The van der Waals surface area contributed by atoms with Gasteiger partial charge in [0.15, 0.2) is 5.58 Å². The molecule has 0 aliphatic carbocycles. The molecular formula is C19H18N4O2S. The van der Waals surface area contributed by atoms with Gasteiger partial charge in [-0.1, -0.05) is 36.9 Å². The summed E-state index contributed by atoms with van der Waals surface area (Å²) in [6, 6.07) is 11.6. The van der Waals surface area contributed by atoms with Crippen LogP contribution >= 0.6 is 11.8 Å². The van der Waals surface area contributed by atoms with Gasteiger partial charge in [-0.05, 0) is 25.0 Å². The van der Waals surface area contributed by atoms with Gasteiger partial charge in [0.05, 0.1) is 22.5 Å². The van der Waals surface area contributed by atoms with E-state index in [0.717, 1.165) is 27.9 Å². The predicted octanol–water partition coefficient (Wildman–Crippen LogP) is 4.29. The standard InChI is InChI=1S/C19H18N4O2S/c1-3-17(18(24)21-13-7-5-4-6-12(13)2)26-19-15-10-16-14(8-9-25-16)23(15)11-20-22-19/h4-11,17H,3H2,1-2H3,(H,21,24)/t17-/m1/s1. The molecule has 6 nitrogen and oxygen atoms in total. The van der Waals surface area contributed by atoms with Crippen LogP contribution in [0.1, 0.15) is 18.9 Å². The summed E-state index contributed by atoms with van der Waals surface area (Å²) in [6.45, 7) is 3.97. The Hall–Kier alpha value is -2.80. The van der Waals surface area contributed by atoms with E-state index in [1.165, 1.54) is 11.8 Å². The van der Waals surface area contributed by atoms with Crippen molar-refractivity contribution in [1.82, 2.24) is 14.6 Å². The van der Waals surface area contributed by atoms with Crippen molar-refractivity contribution < 1.29 is 9.21 Å². The van der Waals surface area contributed by atoms with E-state index in [-0.39, 0.29) is 11.2 Å². The first-order chi connectivity index (χ1) is 12.7. The number of nitrogens with zero attached hydrogens (tertiary/aromatic N) is 3. The SMILES string of the molecule is CC[C@@H](Sc1nncn2c1cc1occc12)C(=O)Nc1ccccc1C. The average molecular weight is 366 g/mol. The van der Waals surface area contributed by atoms with Gasteiger partial charge in [0.2, 0.25) is 5.91 Å². The fourth-order valence-electron chi connectivity index (χ4n) is 2.88. The number of para-hydroxylation sites is 1. The summed E-state index contributed by atoms with van der Waals surface area (Å²) in [5.74, 6) is -0.0363. The molecule has 1 N–H and O–H groups in total. The normalized spacial score (nSPS) is 12.5. The molecule has 7 heteroatoms. The van der Waals surface area contributed by atoms with Crippen molar-refractivity contribution in [2.75, 3.05) is 5.32 Å². The van der Waals surface area contributed by atoms with Crippen LogP contribution in [-0.2, 0) is 4.79 Å². The third-order valence-electron chi connectivity index (χ3n) is 4.32. The second-order valence-corrected chi connectivity index (χ2v) is 7.22. The molecule has 0 saturated carbocycles. The Morgan fingerprint density at radius 1 is 1.31 bits per heavy atom. The smallest absolute Gasteiger partial charge is 0.237 e. The number of furan rings is 1. The summed E-state index contributed by atoms with van der Waals surface area (Å²) in [4.78, 5) is 12.8. The molecule has 1 atom stereocenters. The van der Waals surface area contributed by atoms with Crippen LogP contribution in [0.4, 0.5) is 5.69 Å². The lowest BCUT2D eigenvalue weighted by Gasteiger charge is -2.15. The van der Waals surface area contributed by atoms with Gasteiger partial charge in [0.25, 0.3) is 0 Å². The zero-order valence-electron chi connectivity index (χ0n) is 14.5. The molecule has 0 radical (unpaired) electrons. The third-order valence-corrected chi connectivity index (χ3v) is 5.66. The number of hydrogen-bond acceptors (Lipinski definition) is 5. The molecule has 0 spiro atoms. The second kappa shape index (κ2) is 6.84. The summed E-state index contributed by atoms with van der Waals surface area (Å²) in [7, 11) is 0. The number of aryl methyl sites for hydroxylation is 1. The van der Waals surface area contributed by atoms with Crippen molar-refractivity contribution in [2.24, 2.45) is 0 Å². The number of fused-ring (bicyclic) bond motifs is 3. The van der Waals surface area contributed by atoms with Crippen LogP contribution in [0, 0.1) is 6.92 Å². The molecule has 0 fully saturated rings. The van der Waals surface area contributed by atoms with Crippen LogP contribution in [0.25, 0.3) is 16.6 Å². The van der Waals surface area contributed by atoms with Crippen molar-refractivity contribution >= 4 is 40.0 Å². The number of carbonyl (C=O) groups excluding carboxylic acids is 1. The predicted molar refractivity (Wildman–Crippen MR) is 103 cm³/mol. The second-order valence-electron chi connectivity index (χ2n) is 6.02. The zero-order valence-corrected chi connectivity index (χ0v) is 15.3. The summed E-state index contributed by atoms with van der Waals surface area (Å²) in [6.07, 6.45) is 3.99. The number of carbonyl (C=O) groups is 1. The van der Waals surface area contributed by atoms with Crippen molar-refractivity contribution in [1.29, 1.82) is 0 Å². The summed E-state index contributed by atoms with van der Waals surface area (Å²) < 4.78 is 7.39. The first-order valence-electron chi connectivity index (χ1n) is 8.40. The van der Waals surface area contributed by atoms with E-state index in [1.54, 1.807) is 12.6 Å². The molecule has 3 aromatic heterocycles. The number of nitrogens with one attached hydrogen (secondary N) is 1. The molecule has 0 aliphatic heterocycles. The first-order valence-corrected chi connectivity index (χ1v) is 9.28. The van der Waals surface area contributed by atoms with Gasteiger partial charge in [0.1, 0.15) is 11.4 Å². The molecule has 0 unspecified atom stereocenters. The van der Waals surface area contributed by atoms with Crippen molar-refractivity contribution in [3.8, 4) is 0 Å². The quantitative estimate of drug-likeness (QED) is 0.533. The molecule has 1 aromatic carbocycles. The summed E-state index contributed by atoms with van der Waals surface area (Å²) >= 11 is 1.42. The number of rotatable bonds is 5. The van der Waals surface area contributed by atoms with Crippen molar-refractivity contribution in [3.05, 3.63) is 54.6 Å². The minimum Gasteiger partial charge on any atom is -0.463 e. The van der Waals surface area contributed by atoms with Gasteiger partial charge in [-0.15, -0.1) is 10.2 Å². The van der Waals surface area contributed by atoms with E-state index in [4.69, 9.17) is 4.42 Å². The molecule has 0 bridgehead atoms. The van der Waals surface area contributed by atoms with Crippen molar-refractivity contribution in [2.45, 2.75) is 30.5 Å². The van der Waals surface area contributed by atoms with E-state index in [9.17, 15) is 4.79 Å². The lowest BCUT2D eigenvalue weighted by Crippen LogP contribution is -2.25. The van der Waals surface area contributed by atoms with Crippen LogP contribution in [-0.4, -0.2) is 25.8 Å². The molecule has 4 rings (SSSR count). The minimum absolute atomic E-state index is 0.0363. The first kappa shape index (κ1) is 16.7. The van der Waals surface area contributed by atoms with Crippen LogP contribution in [0.5, 0.6) is 0 Å². The Labute approximate surface area is 154 Å². The van der Waals surface area contributed by atoms with E-state index in [2.05, 4.69) is 15.5 Å². The van der Waals surface area contributed by atoms with Gasteiger partial charge in [0, 0.05) is 17.8 Å². The van der Waals surface area contributed by atoms with E-state index < -0.39 is 0 Å². The lowest BCUT2D eigenvalue weighted by atomic mass is 10.2. The van der Waals surface area contributed by atoms with Crippen LogP contribution in [0.2, 0.25) is 0 Å². The topological polar surface area (TPSA) is 72.4 Å². The molecule has 1 amide bonds.